The number of halogens is 6. The van der Waals surface area contributed by atoms with E-state index in [0.29, 0.717) is 29.8 Å². The van der Waals surface area contributed by atoms with E-state index in [4.69, 9.17) is 0 Å². The number of hydrazine groups is 1. The van der Waals surface area contributed by atoms with Gasteiger partial charge in [0.05, 0.1) is 11.1 Å². The van der Waals surface area contributed by atoms with Crippen molar-refractivity contribution in [2.75, 3.05) is 0 Å². The summed E-state index contributed by atoms with van der Waals surface area (Å²) in [6.45, 7) is 1.30. The zero-order valence-corrected chi connectivity index (χ0v) is 15.2. The minimum absolute atomic E-state index is 0.0213. The molecule has 1 aliphatic carbocycles. The first kappa shape index (κ1) is 21.5. The normalized spacial score (nSPS) is 15.6. The van der Waals surface area contributed by atoms with Gasteiger partial charge in [-0.3, -0.25) is 20.4 Å². The number of benzene rings is 1. The number of tetrazole rings is 1. The first-order chi connectivity index (χ1) is 13.9. The third kappa shape index (κ3) is 4.86. The number of rotatable bonds is 4. The van der Waals surface area contributed by atoms with Crippen molar-refractivity contribution < 1.29 is 35.9 Å². The van der Waals surface area contributed by atoms with Crippen LogP contribution in [0.3, 0.4) is 0 Å². The van der Waals surface area contributed by atoms with Crippen molar-refractivity contribution in [1.82, 2.24) is 31.1 Å². The number of alkyl halides is 6. The number of amides is 2. The second kappa shape index (κ2) is 7.57. The second-order valence-corrected chi connectivity index (χ2v) is 6.66. The SMILES string of the molecule is C[C@@H](C(=O)NNC(=O)C1CC1)n1nnc(-c2cc(C(F)(F)F)cc(C(F)(F)F)c2)n1. The zero-order valence-electron chi connectivity index (χ0n) is 15.2. The van der Waals surface area contributed by atoms with Gasteiger partial charge in [0.25, 0.3) is 5.91 Å². The molecule has 1 heterocycles. The maximum absolute atomic E-state index is 13.0. The molecule has 0 aliphatic heterocycles. The lowest BCUT2D eigenvalue weighted by Gasteiger charge is -2.13. The summed E-state index contributed by atoms with van der Waals surface area (Å²) in [6, 6.07) is -0.264. The molecule has 0 radical (unpaired) electrons. The predicted octanol–water partition coefficient (Wildman–Crippen LogP) is 2.50. The molecule has 3 rings (SSSR count). The van der Waals surface area contributed by atoms with Gasteiger partial charge in [0.15, 0.2) is 6.04 Å². The van der Waals surface area contributed by atoms with Crippen molar-refractivity contribution in [2.24, 2.45) is 5.92 Å². The van der Waals surface area contributed by atoms with Gasteiger partial charge in [-0.15, -0.1) is 10.2 Å². The predicted molar refractivity (Wildman–Crippen MR) is 87.0 cm³/mol. The molecule has 2 aromatic rings. The molecule has 0 bridgehead atoms. The van der Waals surface area contributed by atoms with Crippen LogP contribution in [-0.4, -0.2) is 32.0 Å². The molecule has 1 atom stereocenters. The Labute approximate surface area is 164 Å². The first-order valence-electron chi connectivity index (χ1n) is 8.55. The summed E-state index contributed by atoms with van der Waals surface area (Å²) in [6.07, 6.45) is -8.64. The van der Waals surface area contributed by atoms with Crippen LogP contribution in [-0.2, 0) is 21.9 Å². The number of carbonyl (C=O) groups is 2. The lowest BCUT2D eigenvalue weighted by atomic mass is 10.0. The van der Waals surface area contributed by atoms with Gasteiger partial charge in [-0.2, -0.15) is 31.1 Å². The van der Waals surface area contributed by atoms with E-state index in [1.807, 2.05) is 0 Å². The highest BCUT2D eigenvalue weighted by molar-refractivity contribution is 5.85. The quantitative estimate of drug-likeness (QED) is 0.567. The van der Waals surface area contributed by atoms with E-state index in [1.165, 1.54) is 6.92 Å². The van der Waals surface area contributed by atoms with Crippen LogP contribution in [0.2, 0.25) is 0 Å². The Morgan fingerprint density at radius 2 is 1.60 bits per heavy atom. The van der Waals surface area contributed by atoms with E-state index >= 15 is 0 Å². The summed E-state index contributed by atoms with van der Waals surface area (Å²) >= 11 is 0. The topological polar surface area (TPSA) is 102 Å². The van der Waals surface area contributed by atoms with Crippen LogP contribution < -0.4 is 10.9 Å². The van der Waals surface area contributed by atoms with Crippen LogP contribution >= 0.6 is 0 Å². The van der Waals surface area contributed by atoms with Crippen LogP contribution in [0.15, 0.2) is 18.2 Å². The van der Waals surface area contributed by atoms with Gasteiger partial charge >= 0.3 is 12.4 Å². The summed E-state index contributed by atoms with van der Waals surface area (Å²) in [7, 11) is 0. The molecule has 0 unspecified atom stereocenters. The molecule has 30 heavy (non-hydrogen) atoms. The van der Waals surface area contributed by atoms with Crippen molar-refractivity contribution in [2.45, 2.75) is 38.2 Å². The van der Waals surface area contributed by atoms with Crippen molar-refractivity contribution in [3.05, 3.63) is 29.3 Å². The van der Waals surface area contributed by atoms with Gasteiger partial charge in [-0.1, -0.05) is 0 Å². The number of hydrogen-bond donors (Lipinski definition) is 2. The number of nitrogens with zero attached hydrogens (tertiary/aromatic N) is 4. The Morgan fingerprint density at radius 3 is 2.10 bits per heavy atom. The number of nitrogens with one attached hydrogen (secondary N) is 2. The van der Waals surface area contributed by atoms with Crippen LogP contribution in [0.1, 0.15) is 36.9 Å². The summed E-state index contributed by atoms with van der Waals surface area (Å²) in [5, 5.41) is 10.7. The fraction of sp³-hybridized carbons (Fsp3) is 0.438. The fourth-order valence-corrected chi connectivity index (χ4v) is 2.37. The Kier molecular flexibility index (Phi) is 5.43. The smallest absolute Gasteiger partial charge is 0.273 e. The highest BCUT2D eigenvalue weighted by Gasteiger charge is 2.37. The van der Waals surface area contributed by atoms with Crippen molar-refractivity contribution in [3.8, 4) is 11.4 Å². The molecule has 1 aliphatic rings. The standard InChI is InChI=1S/C16H14F6N6O2/c1-7(13(29)24-25-14(30)8-2-3-8)28-26-12(23-27-28)9-4-10(15(17,18)19)6-11(5-9)16(20,21)22/h4-8H,2-3H2,1H3,(H,24,29)(H,25,30)/t7-/m0/s1. The monoisotopic (exact) mass is 436 g/mol. The van der Waals surface area contributed by atoms with Gasteiger partial charge in [0.1, 0.15) is 0 Å². The molecule has 0 saturated heterocycles. The van der Waals surface area contributed by atoms with Crippen molar-refractivity contribution in [1.29, 1.82) is 0 Å². The van der Waals surface area contributed by atoms with E-state index in [2.05, 4.69) is 26.3 Å². The van der Waals surface area contributed by atoms with Gasteiger partial charge < -0.3 is 0 Å². The van der Waals surface area contributed by atoms with Gasteiger partial charge in [-0.25, -0.2) is 0 Å². The van der Waals surface area contributed by atoms with Crippen molar-refractivity contribution in [3.63, 3.8) is 0 Å². The summed E-state index contributed by atoms with van der Waals surface area (Å²) < 4.78 is 77.9. The summed E-state index contributed by atoms with van der Waals surface area (Å²) in [5.74, 6) is -1.83. The highest BCUT2D eigenvalue weighted by atomic mass is 19.4. The number of hydrogen-bond acceptors (Lipinski definition) is 5. The summed E-state index contributed by atoms with van der Waals surface area (Å²) in [4.78, 5) is 24.3. The van der Waals surface area contributed by atoms with E-state index in [9.17, 15) is 35.9 Å². The maximum Gasteiger partial charge on any atom is 0.416 e. The second-order valence-electron chi connectivity index (χ2n) is 6.66. The van der Waals surface area contributed by atoms with Gasteiger partial charge in [-0.05, 0) is 43.2 Å². The lowest BCUT2D eigenvalue weighted by molar-refractivity contribution is -0.143. The molecule has 8 nitrogen and oxygen atoms in total. The number of carbonyl (C=O) groups excluding carboxylic acids is 2. The third-order valence-corrected chi connectivity index (χ3v) is 4.26. The molecule has 1 aromatic heterocycles. The molecular weight excluding hydrogens is 422 g/mol. The van der Waals surface area contributed by atoms with E-state index in [0.717, 1.165) is 0 Å². The first-order valence-corrected chi connectivity index (χ1v) is 8.55. The fourth-order valence-electron chi connectivity index (χ4n) is 2.37. The highest BCUT2D eigenvalue weighted by Crippen LogP contribution is 2.38. The molecule has 1 aromatic carbocycles. The lowest BCUT2D eigenvalue weighted by Crippen LogP contribution is -2.45. The molecule has 162 valence electrons. The summed E-state index contributed by atoms with van der Waals surface area (Å²) in [5.41, 5.74) is 0.716. The van der Waals surface area contributed by atoms with Crippen LogP contribution in [0.5, 0.6) is 0 Å². The largest absolute Gasteiger partial charge is 0.416 e. The molecular formula is C16H14F6N6O2. The molecule has 2 N–H and O–H groups in total. The Morgan fingerprint density at radius 1 is 1.03 bits per heavy atom. The Bertz CT molecular complexity index is 934. The molecule has 1 saturated carbocycles. The number of aromatic nitrogens is 4. The Balaban J connectivity index is 1.82. The van der Waals surface area contributed by atoms with E-state index in [-0.39, 0.29) is 17.9 Å². The molecule has 14 heteroatoms. The molecule has 0 spiro atoms. The van der Waals surface area contributed by atoms with Crippen LogP contribution in [0.25, 0.3) is 11.4 Å². The van der Waals surface area contributed by atoms with E-state index < -0.39 is 46.8 Å². The molecule has 1 fully saturated rings. The average molecular weight is 436 g/mol. The third-order valence-electron chi connectivity index (χ3n) is 4.26. The zero-order chi connectivity index (χ0) is 22.3. The minimum atomic E-state index is -5.03. The van der Waals surface area contributed by atoms with E-state index in [1.54, 1.807) is 0 Å². The maximum atomic E-state index is 13.0. The van der Waals surface area contributed by atoms with Gasteiger partial charge in [0.2, 0.25) is 11.7 Å². The molecule has 2 amide bonds. The van der Waals surface area contributed by atoms with Crippen LogP contribution in [0, 0.1) is 5.92 Å². The minimum Gasteiger partial charge on any atom is -0.273 e. The Hall–Kier alpha value is -3.19. The average Bonchev–Trinajstić information content (AvgIpc) is 3.40. The van der Waals surface area contributed by atoms with Gasteiger partial charge in [0, 0.05) is 11.5 Å². The van der Waals surface area contributed by atoms with Crippen molar-refractivity contribution >= 4 is 11.8 Å². The van der Waals surface area contributed by atoms with Crippen LogP contribution in [0.4, 0.5) is 26.3 Å².